The zero-order chi connectivity index (χ0) is 22.7. The topological polar surface area (TPSA) is 79.8 Å². The number of hydrogen-bond acceptors (Lipinski definition) is 7. The molecule has 1 aliphatic rings. The fraction of sp³-hybridized carbons (Fsp3) is 0.417. The van der Waals surface area contributed by atoms with E-state index in [0.29, 0.717) is 10.9 Å². The van der Waals surface area contributed by atoms with Crippen molar-refractivity contribution in [3.05, 3.63) is 45.2 Å². The minimum atomic E-state index is 0.0857. The third-order valence-corrected chi connectivity index (χ3v) is 6.46. The number of thioether (sulfide) groups is 1. The molecule has 0 unspecified atom stereocenters. The first-order valence-corrected chi connectivity index (χ1v) is 11.4. The Labute approximate surface area is 189 Å². The maximum Gasteiger partial charge on any atom is 0.160 e. The van der Waals surface area contributed by atoms with Gasteiger partial charge in [0.15, 0.2) is 11.4 Å². The van der Waals surface area contributed by atoms with Crippen molar-refractivity contribution < 1.29 is 0 Å². The molecule has 1 aromatic carbocycles. The molecule has 7 heteroatoms. The third-order valence-electron chi connectivity index (χ3n) is 5.31. The number of hydrogen-bond donors (Lipinski definition) is 0. The van der Waals surface area contributed by atoms with Gasteiger partial charge in [0.2, 0.25) is 0 Å². The Kier molecular flexibility index (Phi) is 6.87. The second-order valence-corrected chi connectivity index (χ2v) is 8.77. The normalized spacial score (nSPS) is 12.4. The van der Waals surface area contributed by atoms with E-state index in [9.17, 15) is 10.5 Å². The predicted molar refractivity (Wildman–Crippen MR) is 126 cm³/mol. The van der Waals surface area contributed by atoms with Crippen LogP contribution in [0.2, 0.25) is 0 Å². The van der Waals surface area contributed by atoms with E-state index in [-0.39, 0.29) is 5.57 Å². The van der Waals surface area contributed by atoms with Gasteiger partial charge in [-0.1, -0.05) is 42.8 Å². The summed E-state index contributed by atoms with van der Waals surface area (Å²) in [5.74, 6) is 2.30. The van der Waals surface area contributed by atoms with Gasteiger partial charge in [0.1, 0.15) is 28.8 Å². The van der Waals surface area contributed by atoms with Gasteiger partial charge in [0, 0.05) is 13.1 Å². The first-order valence-electron chi connectivity index (χ1n) is 10.6. The SMILES string of the molecule is CCCCN(CC)c1nc(C)nc2c1SC(=C(C#N)C#N)N2c1c(C)cc(C)cc1C. The van der Waals surface area contributed by atoms with Gasteiger partial charge in [-0.15, -0.1) is 0 Å². The lowest BCUT2D eigenvalue weighted by Gasteiger charge is -2.26. The highest BCUT2D eigenvalue weighted by Gasteiger charge is 2.36. The molecule has 2 aromatic rings. The molecule has 1 aliphatic heterocycles. The molecule has 0 N–H and O–H groups in total. The monoisotopic (exact) mass is 432 g/mol. The molecule has 0 spiro atoms. The highest BCUT2D eigenvalue weighted by atomic mass is 32.2. The Hall–Kier alpha value is -3.03. The minimum absolute atomic E-state index is 0.0857. The summed E-state index contributed by atoms with van der Waals surface area (Å²) in [6.07, 6.45) is 2.17. The Morgan fingerprint density at radius 3 is 2.26 bits per heavy atom. The molecule has 2 heterocycles. The molecule has 6 nitrogen and oxygen atoms in total. The molecular formula is C24H28N6S. The Balaban J connectivity index is 2.32. The van der Waals surface area contributed by atoms with Crippen LogP contribution in [0.3, 0.4) is 0 Å². The predicted octanol–water partition coefficient (Wildman–Crippen LogP) is 5.84. The fourth-order valence-corrected chi connectivity index (χ4v) is 5.16. The highest BCUT2D eigenvalue weighted by molar-refractivity contribution is 8.04. The summed E-state index contributed by atoms with van der Waals surface area (Å²) < 4.78 is 0. The first kappa shape index (κ1) is 22.7. The number of aromatic nitrogens is 2. The molecule has 0 bridgehead atoms. The van der Waals surface area contributed by atoms with Crippen molar-refractivity contribution in [3.8, 4) is 12.1 Å². The van der Waals surface area contributed by atoms with E-state index in [1.165, 1.54) is 17.3 Å². The summed E-state index contributed by atoms with van der Waals surface area (Å²) in [4.78, 5) is 14.7. The number of nitriles is 2. The summed E-state index contributed by atoms with van der Waals surface area (Å²) >= 11 is 1.42. The zero-order valence-corrected chi connectivity index (χ0v) is 19.9. The van der Waals surface area contributed by atoms with Crippen LogP contribution >= 0.6 is 11.8 Å². The van der Waals surface area contributed by atoms with Crippen LogP contribution < -0.4 is 9.80 Å². The molecule has 0 fully saturated rings. The molecular weight excluding hydrogens is 404 g/mol. The van der Waals surface area contributed by atoms with Crippen LogP contribution in [0.4, 0.5) is 17.3 Å². The van der Waals surface area contributed by atoms with Crippen molar-refractivity contribution in [1.29, 1.82) is 10.5 Å². The van der Waals surface area contributed by atoms with Gasteiger partial charge in [0.25, 0.3) is 0 Å². The van der Waals surface area contributed by atoms with Crippen LogP contribution in [0.25, 0.3) is 0 Å². The van der Waals surface area contributed by atoms with Gasteiger partial charge in [-0.05, 0) is 52.2 Å². The standard InChI is InChI=1S/C24H28N6S/c1-7-9-10-29(8-2)22-21-23(28-18(6)27-22)30(24(31-21)19(13-25)14-26)20-16(4)11-15(3)12-17(20)5/h11-12H,7-10H2,1-6H3. The van der Waals surface area contributed by atoms with Crippen molar-refractivity contribution in [1.82, 2.24) is 9.97 Å². The summed E-state index contributed by atoms with van der Waals surface area (Å²) in [5.41, 5.74) is 4.39. The van der Waals surface area contributed by atoms with E-state index >= 15 is 0 Å². The molecule has 1 aromatic heterocycles. The van der Waals surface area contributed by atoms with Crippen LogP contribution in [0.1, 0.15) is 49.2 Å². The first-order chi connectivity index (χ1) is 14.9. The average molecular weight is 433 g/mol. The van der Waals surface area contributed by atoms with Crippen LogP contribution in [0.15, 0.2) is 27.6 Å². The largest absolute Gasteiger partial charge is 0.356 e. The number of anilines is 3. The van der Waals surface area contributed by atoms with E-state index in [4.69, 9.17) is 9.97 Å². The minimum Gasteiger partial charge on any atom is -0.356 e. The number of nitrogens with zero attached hydrogens (tertiary/aromatic N) is 6. The van der Waals surface area contributed by atoms with Gasteiger partial charge in [0.05, 0.1) is 10.6 Å². The maximum atomic E-state index is 9.69. The van der Waals surface area contributed by atoms with Crippen LogP contribution in [0, 0.1) is 50.4 Å². The van der Waals surface area contributed by atoms with E-state index < -0.39 is 0 Å². The molecule has 3 rings (SSSR count). The van der Waals surface area contributed by atoms with Crippen molar-refractivity contribution >= 4 is 29.1 Å². The zero-order valence-electron chi connectivity index (χ0n) is 19.1. The summed E-state index contributed by atoms with van der Waals surface area (Å²) in [7, 11) is 0. The number of aryl methyl sites for hydroxylation is 4. The number of allylic oxidation sites excluding steroid dienone is 1. The Morgan fingerprint density at radius 1 is 1.06 bits per heavy atom. The Morgan fingerprint density at radius 2 is 1.71 bits per heavy atom. The number of benzene rings is 1. The maximum absolute atomic E-state index is 9.69. The van der Waals surface area contributed by atoms with Gasteiger partial charge < -0.3 is 4.90 Å². The molecule has 0 amide bonds. The molecule has 0 atom stereocenters. The van der Waals surface area contributed by atoms with Gasteiger partial charge in [-0.2, -0.15) is 10.5 Å². The quantitative estimate of drug-likeness (QED) is 0.530. The Bertz CT molecular complexity index is 1080. The van der Waals surface area contributed by atoms with Gasteiger partial charge in [-0.25, -0.2) is 9.97 Å². The van der Waals surface area contributed by atoms with Gasteiger partial charge in [-0.3, -0.25) is 4.90 Å². The van der Waals surface area contributed by atoms with Crippen molar-refractivity contribution in [3.63, 3.8) is 0 Å². The average Bonchev–Trinajstić information content (AvgIpc) is 3.07. The molecule has 0 aliphatic carbocycles. The second kappa shape index (κ2) is 9.41. The third kappa shape index (κ3) is 4.24. The number of rotatable bonds is 6. The van der Waals surface area contributed by atoms with Gasteiger partial charge >= 0.3 is 0 Å². The van der Waals surface area contributed by atoms with Crippen LogP contribution in [-0.4, -0.2) is 23.1 Å². The molecule has 0 radical (unpaired) electrons. The summed E-state index contributed by atoms with van der Waals surface area (Å²) in [6, 6.07) is 8.41. The molecule has 31 heavy (non-hydrogen) atoms. The van der Waals surface area contributed by atoms with E-state index in [1.807, 2.05) is 11.8 Å². The number of unbranched alkanes of at least 4 members (excludes halogenated alkanes) is 1. The second-order valence-electron chi connectivity index (χ2n) is 7.77. The molecule has 0 saturated heterocycles. The smallest absolute Gasteiger partial charge is 0.160 e. The van der Waals surface area contributed by atoms with Crippen molar-refractivity contribution in [2.45, 2.75) is 59.3 Å². The number of fused-ring (bicyclic) bond motifs is 1. The lowest BCUT2D eigenvalue weighted by atomic mass is 10.0. The summed E-state index contributed by atoms with van der Waals surface area (Å²) in [5, 5.41) is 20.0. The lowest BCUT2D eigenvalue weighted by molar-refractivity contribution is 0.714. The van der Waals surface area contributed by atoms with E-state index in [1.54, 1.807) is 0 Å². The van der Waals surface area contributed by atoms with Crippen molar-refractivity contribution in [2.24, 2.45) is 0 Å². The summed E-state index contributed by atoms with van der Waals surface area (Å²) in [6.45, 7) is 14.1. The van der Waals surface area contributed by atoms with E-state index in [0.717, 1.165) is 59.3 Å². The van der Waals surface area contributed by atoms with E-state index in [2.05, 4.69) is 63.8 Å². The highest BCUT2D eigenvalue weighted by Crippen LogP contribution is 2.54. The molecule has 160 valence electrons. The lowest BCUT2D eigenvalue weighted by Crippen LogP contribution is -2.26. The fourth-order valence-electron chi connectivity index (χ4n) is 4.01. The van der Waals surface area contributed by atoms with Crippen molar-refractivity contribution in [2.75, 3.05) is 22.9 Å². The van der Waals surface area contributed by atoms with Crippen LogP contribution in [-0.2, 0) is 0 Å². The molecule has 0 saturated carbocycles. The van der Waals surface area contributed by atoms with Crippen LogP contribution in [0.5, 0.6) is 0 Å².